The van der Waals surface area contributed by atoms with Crippen molar-refractivity contribution in [1.82, 2.24) is 13.7 Å². The molecule has 1 amide bonds. The van der Waals surface area contributed by atoms with E-state index in [4.69, 9.17) is 22.1 Å². The van der Waals surface area contributed by atoms with E-state index < -0.39 is 22.0 Å². The van der Waals surface area contributed by atoms with Crippen LogP contribution in [0.3, 0.4) is 0 Å². The lowest BCUT2D eigenvalue weighted by atomic mass is 10.3. The van der Waals surface area contributed by atoms with Gasteiger partial charge in [0.05, 0.1) is 13.2 Å². The topological polar surface area (TPSA) is 107 Å². The predicted octanol–water partition coefficient (Wildman–Crippen LogP) is -0.138. The molecule has 10 heteroatoms. The number of rotatable bonds is 3. The lowest BCUT2D eigenvalue weighted by molar-refractivity contribution is -0.125. The Morgan fingerprint density at radius 3 is 2.95 bits per heavy atom. The Morgan fingerprint density at radius 1 is 1.45 bits per heavy atom. The Morgan fingerprint density at radius 2 is 2.23 bits per heavy atom. The lowest BCUT2D eigenvalue weighted by Gasteiger charge is -2.32. The van der Waals surface area contributed by atoms with Crippen LogP contribution in [-0.2, 0) is 19.6 Å². The summed E-state index contributed by atoms with van der Waals surface area (Å²) in [5, 5.41) is -0.334. The number of pyridine rings is 1. The van der Waals surface area contributed by atoms with Gasteiger partial charge >= 0.3 is 0 Å². The first kappa shape index (κ1) is 15.2. The van der Waals surface area contributed by atoms with Crippen molar-refractivity contribution in [1.29, 1.82) is 0 Å². The molecule has 0 saturated carbocycles. The van der Waals surface area contributed by atoms with Crippen LogP contribution in [0.1, 0.15) is 0 Å². The van der Waals surface area contributed by atoms with Gasteiger partial charge in [0.2, 0.25) is 5.91 Å². The summed E-state index contributed by atoms with van der Waals surface area (Å²) in [7, 11) is -4.05. The number of halogens is 1. The number of imidazole rings is 1. The Labute approximate surface area is 131 Å². The second-order valence-electron chi connectivity index (χ2n) is 4.75. The van der Waals surface area contributed by atoms with Crippen LogP contribution in [0.25, 0.3) is 5.65 Å². The van der Waals surface area contributed by atoms with E-state index in [1.807, 2.05) is 0 Å². The average molecular weight is 345 g/mol. The minimum absolute atomic E-state index is 0.0202. The van der Waals surface area contributed by atoms with E-state index in [1.165, 1.54) is 4.40 Å². The molecule has 2 N–H and O–H groups in total. The smallest absolute Gasteiger partial charge is 0.263 e. The highest BCUT2D eigenvalue weighted by Crippen LogP contribution is 2.27. The number of amides is 1. The molecule has 2 aromatic rings. The lowest BCUT2D eigenvalue weighted by Crippen LogP contribution is -2.54. The third kappa shape index (κ3) is 2.35. The summed E-state index contributed by atoms with van der Waals surface area (Å²) in [4.78, 5) is 15.5. The largest absolute Gasteiger partial charge is 0.378 e. The van der Waals surface area contributed by atoms with Crippen LogP contribution in [0, 0.1) is 0 Å². The first-order chi connectivity index (χ1) is 10.4. The highest BCUT2D eigenvalue weighted by atomic mass is 35.5. The molecule has 22 heavy (non-hydrogen) atoms. The van der Waals surface area contributed by atoms with Crippen LogP contribution in [0.5, 0.6) is 0 Å². The zero-order valence-electron chi connectivity index (χ0n) is 11.3. The fraction of sp³-hybridized carbons (Fsp3) is 0.333. The summed E-state index contributed by atoms with van der Waals surface area (Å²) < 4.78 is 33.4. The molecule has 1 fully saturated rings. The van der Waals surface area contributed by atoms with E-state index in [0.717, 1.165) is 4.31 Å². The normalized spacial score (nSPS) is 20.3. The zero-order chi connectivity index (χ0) is 15.9. The number of morpholine rings is 1. The van der Waals surface area contributed by atoms with Gasteiger partial charge in [-0.1, -0.05) is 17.7 Å². The molecule has 0 spiro atoms. The number of aromatic nitrogens is 2. The number of sulfonamides is 1. The van der Waals surface area contributed by atoms with Crippen LogP contribution in [-0.4, -0.2) is 53.8 Å². The van der Waals surface area contributed by atoms with Crippen LogP contribution in [0.15, 0.2) is 29.4 Å². The third-order valence-electron chi connectivity index (χ3n) is 3.41. The monoisotopic (exact) mass is 344 g/mol. The molecule has 1 saturated heterocycles. The quantitative estimate of drug-likeness (QED) is 0.834. The highest BCUT2D eigenvalue weighted by Gasteiger charge is 2.40. The summed E-state index contributed by atoms with van der Waals surface area (Å²) in [5.74, 6) is -0.770. The number of ether oxygens (including phenoxy) is 1. The molecular formula is C12H13ClN4O4S. The molecule has 1 aliphatic rings. The van der Waals surface area contributed by atoms with Gasteiger partial charge in [-0.05, 0) is 12.1 Å². The van der Waals surface area contributed by atoms with Gasteiger partial charge in [0, 0.05) is 12.7 Å². The van der Waals surface area contributed by atoms with E-state index in [0.29, 0.717) is 5.65 Å². The number of nitrogens with two attached hydrogens (primary N) is 1. The number of carbonyl (C=O) groups excluding carboxylic acids is 1. The molecule has 8 nitrogen and oxygen atoms in total. The first-order valence-electron chi connectivity index (χ1n) is 6.44. The van der Waals surface area contributed by atoms with Gasteiger partial charge in [0.1, 0.15) is 11.7 Å². The van der Waals surface area contributed by atoms with Crippen LogP contribution >= 0.6 is 11.6 Å². The van der Waals surface area contributed by atoms with E-state index in [2.05, 4.69) is 4.98 Å². The average Bonchev–Trinajstić information content (AvgIpc) is 2.83. The maximum absolute atomic E-state index is 12.9. The fourth-order valence-electron chi connectivity index (χ4n) is 2.39. The first-order valence-corrected chi connectivity index (χ1v) is 8.26. The number of primary amides is 1. The van der Waals surface area contributed by atoms with Crippen molar-refractivity contribution in [2.45, 2.75) is 11.1 Å². The van der Waals surface area contributed by atoms with Crippen molar-refractivity contribution in [3.8, 4) is 0 Å². The minimum atomic E-state index is -4.05. The van der Waals surface area contributed by atoms with Gasteiger partial charge in [-0.2, -0.15) is 4.31 Å². The van der Waals surface area contributed by atoms with Crippen molar-refractivity contribution >= 4 is 33.2 Å². The van der Waals surface area contributed by atoms with Crippen LogP contribution in [0.4, 0.5) is 0 Å². The third-order valence-corrected chi connectivity index (χ3v) is 5.72. The number of fused-ring (bicyclic) bond motifs is 1. The molecule has 2 aromatic heterocycles. The molecule has 3 heterocycles. The van der Waals surface area contributed by atoms with Gasteiger partial charge in [-0.3, -0.25) is 9.20 Å². The van der Waals surface area contributed by atoms with E-state index in [-0.39, 0.29) is 29.9 Å². The summed E-state index contributed by atoms with van der Waals surface area (Å²) >= 11 is 6.01. The number of carbonyl (C=O) groups is 1. The second-order valence-corrected chi connectivity index (χ2v) is 6.91. The highest BCUT2D eigenvalue weighted by molar-refractivity contribution is 7.89. The Hall–Kier alpha value is -1.68. The maximum atomic E-state index is 12.9. The summed E-state index contributed by atoms with van der Waals surface area (Å²) in [6, 6.07) is 3.95. The van der Waals surface area contributed by atoms with Crippen LogP contribution < -0.4 is 5.73 Å². The summed E-state index contributed by atoms with van der Waals surface area (Å²) in [6.07, 6.45) is 1.54. The molecule has 118 valence electrons. The van der Waals surface area contributed by atoms with Crippen molar-refractivity contribution < 1.29 is 17.9 Å². The number of hydrogen-bond acceptors (Lipinski definition) is 5. The van der Waals surface area contributed by atoms with E-state index in [1.54, 1.807) is 24.4 Å². The zero-order valence-corrected chi connectivity index (χ0v) is 12.9. The van der Waals surface area contributed by atoms with Crippen LogP contribution in [0.2, 0.25) is 5.15 Å². The summed E-state index contributed by atoms with van der Waals surface area (Å²) in [5.41, 5.74) is 5.68. The molecule has 1 aliphatic heterocycles. The number of hydrogen-bond donors (Lipinski definition) is 1. The van der Waals surface area contributed by atoms with Gasteiger partial charge in [0.15, 0.2) is 10.2 Å². The molecule has 0 aromatic carbocycles. The maximum Gasteiger partial charge on any atom is 0.263 e. The molecule has 0 bridgehead atoms. The van der Waals surface area contributed by atoms with Crippen molar-refractivity contribution in [3.05, 3.63) is 29.5 Å². The van der Waals surface area contributed by atoms with E-state index in [9.17, 15) is 13.2 Å². The Balaban J connectivity index is 2.15. The standard InChI is InChI=1S/C12H13ClN4O4S/c13-10-12(16-4-2-1-3-9(16)15-10)22(19,20)17-5-6-21-7-8(17)11(14)18/h1-4,8H,5-7H2,(H2,14,18). The predicted molar refractivity (Wildman–Crippen MR) is 77.9 cm³/mol. The molecule has 3 rings (SSSR count). The van der Waals surface area contributed by atoms with Gasteiger partial charge in [-0.15, -0.1) is 0 Å². The summed E-state index contributed by atoms with van der Waals surface area (Å²) in [6.45, 7) is 0.118. The Kier molecular flexibility index (Phi) is 3.81. The minimum Gasteiger partial charge on any atom is -0.378 e. The van der Waals surface area contributed by atoms with Crippen molar-refractivity contribution in [2.75, 3.05) is 19.8 Å². The molecular weight excluding hydrogens is 332 g/mol. The second kappa shape index (κ2) is 5.51. The fourth-order valence-corrected chi connectivity index (χ4v) is 4.56. The van der Waals surface area contributed by atoms with Gasteiger partial charge in [-0.25, -0.2) is 13.4 Å². The van der Waals surface area contributed by atoms with Gasteiger partial charge in [0.25, 0.3) is 10.0 Å². The molecule has 1 atom stereocenters. The molecule has 1 unspecified atom stereocenters. The Bertz CT molecular complexity index is 835. The molecule has 0 radical (unpaired) electrons. The van der Waals surface area contributed by atoms with E-state index >= 15 is 0 Å². The number of nitrogens with zero attached hydrogens (tertiary/aromatic N) is 3. The van der Waals surface area contributed by atoms with Crippen molar-refractivity contribution in [3.63, 3.8) is 0 Å². The van der Waals surface area contributed by atoms with Gasteiger partial charge < -0.3 is 10.5 Å². The SMILES string of the molecule is NC(=O)C1COCCN1S(=O)(=O)c1c(Cl)nc2ccccn12. The molecule has 0 aliphatic carbocycles. The van der Waals surface area contributed by atoms with Crippen molar-refractivity contribution in [2.24, 2.45) is 5.73 Å².